The number of likely N-dealkylation sites (tertiary alicyclic amines) is 1. The highest BCUT2D eigenvalue weighted by Crippen LogP contribution is 2.26. The summed E-state index contributed by atoms with van der Waals surface area (Å²) in [6.45, 7) is 7.84. The molecular formula is C23H30FN3O. The van der Waals surface area contributed by atoms with Crippen molar-refractivity contribution >= 4 is 5.91 Å². The maximum absolute atomic E-state index is 14.0. The van der Waals surface area contributed by atoms with Gasteiger partial charge in [0.25, 0.3) is 0 Å². The first-order valence-electron chi connectivity index (χ1n) is 10.3. The Bertz CT molecular complexity index is 791. The Morgan fingerprint density at radius 3 is 2.71 bits per heavy atom. The average Bonchev–Trinajstić information content (AvgIpc) is 2.71. The number of carbonyl (C=O) groups is 1. The molecule has 0 unspecified atom stereocenters. The van der Waals surface area contributed by atoms with Crippen LogP contribution in [0.3, 0.4) is 0 Å². The number of piperidine rings is 1. The van der Waals surface area contributed by atoms with Crippen LogP contribution in [0, 0.1) is 5.82 Å². The molecule has 1 saturated heterocycles. The van der Waals surface area contributed by atoms with Gasteiger partial charge < -0.3 is 4.90 Å². The van der Waals surface area contributed by atoms with Gasteiger partial charge in [-0.1, -0.05) is 24.3 Å². The molecule has 1 aliphatic rings. The van der Waals surface area contributed by atoms with Crippen molar-refractivity contribution in [3.63, 3.8) is 0 Å². The first-order valence-corrected chi connectivity index (χ1v) is 10.3. The first-order chi connectivity index (χ1) is 13.6. The molecule has 0 bridgehead atoms. The highest BCUT2D eigenvalue weighted by atomic mass is 19.1. The Kier molecular flexibility index (Phi) is 7.15. The van der Waals surface area contributed by atoms with E-state index in [0.29, 0.717) is 24.4 Å². The van der Waals surface area contributed by atoms with E-state index in [0.717, 1.165) is 50.4 Å². The molecule has 0 saturated carbocycles. The molecule has 5 heteroatoms. The minimum atomic E-state index is -0.187. The topological polar surface area (TPSA) is 36.4 Å². The Morgan fingerprint density at radius 1 is 1.18 bits per heavy atom. The van der Waals surface area contributed by atoms with E-state index < -0.39 is 0 Å². The predicted octanol–water partition coefficient (Wildman–Crippen LogP) is 3.86. The molecule has 1 fully saturated rings. The normalized spacial score (nSPS) is 17.5. The molecular weight excluding hydrogens is 353 g/mol. The van der Waals surface area contributed by atoms with Crippen LogP contribution in [0.15, 0.2) is 42.5 Å². The molecule has 0 aliphatic carbocycles. The van der Waals surface area contributed by atoms with E-state index in [9.17, 15) is 9.18 Å². The van der Waals surface area contributed by atoms with Crippen LogP contribution in [-0.4, -0.2) is 53.4 Å². The zero-order chi connectivity index (χ0) is 19.9. The third kappa shape index (κ3) is 5.16. The number of halogens is 1. The van der Waals surface area contributed by atoms with Gasteiger partial charge in [-0.05, 0) is 57.0 Å². The van der Waals surface area contributed by atoms with Crippen molar-refractivity contribution in [3.05, 3.63) is 65.2 Å². The van der Waals surface area contributed by atoms with E-state index in [2.05, 4.69) is 11.0 Å². The highest BCUT2D eigenvalue weighted by Gasteiger charge is 2.25. The molecule has 1 atom stereocenters. The van der Waals surface area contributed by atoms with Gasteiger partial charge in [0.05, 0.1) is 6.54 Å². The first kappa shape index (κ1) is 20.5. The fourth-order valence-electron chi connectivity index (χ4n) is 3.97. The molecule has 150 valence electrons. The Balaban J connectivity index is 1.66. The lowest BCUT2D eigenvalue weighted by Crippen LogP contribution is -2.43. The van der Waals surface area contributed by atoms with Crippen LogP contribution in [0.25, 0.3) is 0 Å². The third-order valence-corrected chi connectivity index (χ3v) is 5.56. The van der Waals surface area contributed by atoms with Crippen molar-refractivity contribution in [1.82, 2.24) is 14.8 Å². The minimum Gasteiger partial charge on any atom is -0.342 e. The number of aromatic nitrogens is 1. The summed E-state index contributed by atoms with van der Waals surface area (Å²) in [4.78, 5) is 21.4. The second-order valence-corrected chi connectivity index (χ2v) is 7.46. The number of likely N-dealkylation sites (N-methyl/N-ethyl adjacent to an activating group) is 1. The summed E-state index contributed by atoms with van der Waals surface area (Å²) in [7, 11) is 0. The molecule has 0 spiro atoms. The summed E-state index contributed by atoms with van der Waals surface area (Å²) in [6.07, 6.45) is 2.64. The zero-order valence-corrected chi connectivity index (χ0v) is 16.9. The maximum Gasteiger partial charge on any atom is 0.236 e. The number of rotatable bonds is 7. The van der Waals surface area contributed by atoms with Gasteiger partial charge in [-0.25, -0.2) is 4.39 Å². The van der Waals surface area contributed by atoms with Crippen LogP contribution in [-0.2, 0) is 11.2 Å². The van der Waals surface area contributed by atoms with Crippen molar-refractivity contribution in [3.8, 4) is 0 Å². The number of hydrogen-bond donors (Lipinski definition) is 0. The Hall–Kier alpha value is -2.27. The van der Waals surface area contributed by atoms with Crippen LogP contribution in [0.4, 0.5) is 4.39 Å². The number of hydrogen-bond acceptors (Lipinski definition) is 3. The van der Waals surface area contributed by atoms with Crippen LogP contribution in [0.2, 0.25) is 0 Å². The van der Waals surface area contributed by atoms with Crippen LogP contribution < -0.4 is 0 Å². The van der Waals surface area contributed by atoms with Crippen LogP contribution >= 0.6 is 0 Å². The van der Waals surface area contributed by atoms with Crippen molar-refractivity contribution in [2.24, 2.45) is 0 Å². The average molecular weight is 384 g/mol. The summed E-state index contributed by atoms with van der Waals surface area (Å²) in [5.74, 6) is 0.333. The second-order valence-electron chi connectivity index (χ2n) is 7.46. The van der Waals surface area contributed by atoms with Gasteiger partial charge >= 0.3 is 0 Å². The molecule has 4 nitrogen and oxygen atoms in total. The molecule has 1 aliphatic heterocycles. The number of benzene rings is 1. The number of nitrogens with zero attached hydrogens (tertiary/aromatic N) is 3. The van der Waals surface area contributed by atoms with Crippen molar-refractivity contribution in [1.29, 1.82) is 0 Å². The molecule has 1 amide bonds. The predicted molar refractivity (Wildman–Crippen MR) is 110 cm³/mol. The van der Waals surface area contributed by atoms with Gasteiger partial charge in [-0.3, -0.25) is 14.7 Å². The summed E-state index contributed by atoms with van der Waals surface area (Å²) < 4.78 is 14.0. The smallest absolute Gasteiger partial charge is 0.236 e. The second kappa shape index (κ2) is 9.78. The van der Waals surface area contributed by atoms with E-state index in [1.165, 1.54) is 6.07 Å². The van der Waals surface area contributed by atoms with E-state index >= 15 is 0 Å². The van der Waals surface area contributed by atoms with Crippen LogP contribution in [0.5, 0.6) is 0 Å². The van der Waals surface area contributed by atoms with Gasteiger partial charge in [0.1, 0.15) is 5.82 Å². The van der Waals surface area contributed by atoms with Gasteiger partial charge in [0.2, 0.25) is 5.91 Å². The highest BCUT2D eigenvalue weighted by molar-refractivity contribution is 5.78. The third-order valence-electron chi connectivity index (χ3n) is 5.56. The largest absolute Gasteiger partial charge is 0.342 e. The lowest BCUT2D eigenvalue weighted by molar-refractivity contribution is -0.132. The lowest BCUT2D eigenvalue weighted by atomic mass is 9.94. The summed E-state index contributed by atoms with van der Waals surface area (Å²) in [6, 6.07) is 12.9. The summed E-state index contributed by atoms with van der Waals surface area (Å²) in [5.41, 5.74) is 2.61. The molecule has 0 N–H and O–H groups in total. The summed E-state index contributed by atoms with van der Waals surface area (Å²) >= 11 is 0. The molecule has 1 aromatic carbocycles. The molecule has 3 rings (SSSR count). The fourth-order valence-corrected chi connectivity index (χ4v) is 3.97. The molecule has 1 aromatic heterocycles. The Morgan fingerprint density at radius 2 is 1.96 bits per heavy atom. The van der Waals surface area contributed by atoms with E-state index in [1.807, 2.05) is 43.0 Å². The zero-order valence-electron chi connectivity index (χ0n) is 16.9. The Labute approximate surface area is 167 Å². The van der Waals surface area contributed by atoms with Crippen molar-refractivity contribution in [2.75, 3.05) is 32.7 Å². The van der Waals surface area contributed by atoms with Crippen molar-refractivity contribution < 1.29 is 9.18 Å². The fraction of sp³-hybridized carbons (Fsp3) is 0.478. The van der Waals surface area contributed by atoms with Gasteiger partial charge in [0, 0.05) is 43.4 Å². The molecule has 2 heterocycles. The standard InChI is InChI=1S/C23H30FN3O/c1-3-27(4-2)23(28)17-26-14-8-10-19(16-26)22-13-7-11-20(25-22)15-18-9-5-6-12-21(18)24/h5-7,9,11-13,19H,3-4,8,10,14-17H2,1-2H3/t19-/m0/s1. The SMILES string of the molecule is CCN(CC)C(=O)CN1CCC[C@H](c2cccc(Cc3ccccc3F)n2)C1. The molecule has 2 aromatic rings. The minimum absolute atomic E-state index is 0.187. The quantitative estimate of drug-likeness (QED) is 0.728. The van der Waals surface area contributed by atoms with E-state index in [-0.39, 0.29) is 11.7 Å². The maximum atomic E-state index is 14.0. The van der Waals surface area contributed by atoms with Crippen molar-refractivity contribution in [2.45, 2.75) is 39.0 Å². The molecule has 0 radical (unpaired) electrons. The van der Waals surface area contributed by atoms with Crippen LogP contribution in [0.1, 0.15) is 49.6 Å². The van der Waals surface area contributed by atoms with E-state index in [1.54, 1.807) is 6.07 Å². The van der Waals surface area contributed by atoms with Gasteiger partial charge in [0.15, 0.2) is 0 Å². The number of carbonyl (C=O) groups excluding carboxylic acids is 1. The van der Waals surface area contributed by atoms with Gasteiger partial charge in [-0.15, -0.1) is 0 Å². The number of amides is 1. The number of pyridine rings is 1. The van der Waals surface area contributed by atoms with E-state index in [4.69, 9.17) is 4.98 Å². The van der Waals surface area contributed by atoms with Gasteiger partial charge in [-0.2, -0.15) is 0 Å². The molecule has 28 heavy (non-hydrogen) atoms. The lowest BCUT2D eigenvalue weighted by Gasteiger charge is -2.33. The monoisotopic (exact) mass is 383 g/mol. The summed E-state index contributed by atoms with van der Waals surface area (Å²) in [5, 5.41) is 0.